The molecule has 3 heterocycles. The summed E-state index contributed by atoms with van der Waals surface area (Å²) < 4.78 is 0. The van der Waals surface area contributed by atoms with E-state index in [2.05, 4.69) is 24.9 Å². The van der Waals surface area contributed by atoms with E-state index in [1.807, 2.05) is 6.92 Å². The molecular formula is C12H16N10O3. The Labute approximate surface area is 139 Å². The summed E-state index contributed by atoms with van der Waals surface area (Å²) in [6.45, 7) is 2.02. The molecule has 0 radical (unpaired) electrons. The predicted molar refractivity (Wildman–Crippen MR) is 87.7 cm³/mol. The van der Waals surface area contributed by atoms with Crippen LogP contribution < -0.4 is 28.5 Å². The molecule has 0 aromatic carbocycles. The Morgan fingerprint density at radius 1 is 0.960 bits per heavy atom. The number of imidazole rings is 1. The zero-order chi connectivity index (χ0) is 18.4. The van der Waals surface area contributed by atoms with Crippen LogP contribution >= 0.6 is 0 Å². The molecule has 0 aliphatic rings. The van der Waals surface area contributed by atoms with Crippen LogP contribution in [0.2, 0.25) is 0 Å². The summed E-state index contributed by atoms with van der Waals surface area (Å²) in [6.07, 6.45) is 4.24. The minimum Gasteiger partial charge on any atom is -0.368 e. The number of nitrogens with zero attached hydrogens (tertiary/aromatic N) is 4. The number of nitrogens with two attached hydrogens (primary N) is 2. The van der Waals surface area contributed by atoms with Gasteiger partial charge in [-0.15, -0.1) is 0 Å². The highest BCUT2D eigenvalue weighted by atomic mass is 16.2. The number of H-pyrrole nitrogens is 4. The largest absolute Gasteiger partial charge is 0.368 e. The average Bonchev–Trinajstić information content (AvgIpc) is 3.00. The molecule has 3 aromatic heterocycles. The highest BCUT2D eigenvalue weighted by Gasteiger charge is 2.18. The Bertz CT molecular complexity index is 888. The molecule has 0 spiro atoms. The van der Waals surface area contributed by atoms with Crippen molar-refractivity contribution < 1.29 is 0 Å². The minimum absolute atomic E-state index is 0.0393. The molecule has 13 heteroatoms. The summed E-state index contributed by atoms with van der Waals surface area (Å²) in [5.74, 6) is 1.57. The molecule has 0 aliphatic heterocycles. The summed E-state index contributed by atoms with van der Waals surface area (Å²) in [6, 6.07) is 0. The van der Waals surface area contributed by atoms with E-state index in [1.165, 1.54) is 0 Å². The Balaban J connectivity index is 0.000000212. The monoisotopic (exact) mass is 348 g/mol. The van der Waals surface area contributed by atoms with Crippen LogP contribution in [0.1, 0.15) is 30.9 Å². The van der Waals surface area contributed by atoms with E-state index < -0.39 is 17.1 Å². The molecule has 0 aliphatic carbocycles. The van der Waals surface area contributed by atoms with Crippen LogP contribution in [-0.4, -0.2) is 39.9 Å². The summed E-state index contributed by atoms with van der Waals surface area (Å²) >= 11 is 0. The number of hydrogen-bond acceptors (Lipinski definition) is 9. The summed E-state index contributed by atoms with van der Waals surface area (Å²) in [5, 5.41) is 0. The van der Waals surface area contributed by atoms with Crippen molar-refractivity contribution in [3.63, 3.8) is 0 Å². The molecule has 132 valence electrons. The van der Waals surface area contributed by atoms with Crippen LogP contribution in [0, 0.1) is 0 Å². The zero-order valence-corrected chi connectivity index (χ0v) is 13.1. The third kappa shape index (κ3) is 4.85. The van der Waals surface area contributed by atoms with Crippen LogP contribution in [0.4, 0.5) is 11.9 Å². The first-order valence-electron chi connectivity index (χ1n) is 7.08. The lowest BCUT2D eigenvalue weighted by molar-refractivity contribution is 0.677. The fourth-order valence-corrected chi connectivity index (χ4v) is 1.95. The maximum absolute atomic E-state index is 10.2. The van der Waals surface area contributed by atoms with Gasteiger partial charge in [-0.3, -0.25) is 15.0 Å². The molecule has 3 aromatic rings. The number of nitrogens with one attached hydrogen (secondary N) is 4. The molecule has 1 unspecified atom stereocenters. The smallest absolute Gasteiger partial charge is 0.330 e. The van der Waals surface area contributed by atoms with Gasteiger partial charge in [-0.2, -0.15) is 15.0 Å². The molecule has 0 saturated heterocycles. The lowest BCUT2D eigenvalue weighted by atomic mass is 10.1. The molecule has 0 bridgehead atoms. The fourth-order valence-electron chi connectivity index (χ4n) is 1.95. The van der Waals surface area contributed by atoms with Gasteiger partial charge in [0, 0.05) is 12.4 Å². The van der Waals surface area contributed by atoms with Gasteiger partial charge >= 0.3 is 17.1 Å². The first kappa shape index (κ1) is 17.6. The van der Waals surface area contributed by atoms with Crippen molar-refractivity contribution >= 4 is 11.9 Å². The number of anilines is 2. The molecular weight excluding hydrogens is 332 g/mol. The van der Waals surface area contributed by atoms with Crippen LogP contribution in [0.25, 0.3) is 0 Å². The maximum atomic E-state index is 10.2. The van der Waals surface area contributed by atoms with E-state index in [-0.39, 0.29) is 17.8 Å². The molecule has 0 amide bonds. The number of aromatic amines is 4. The minimum atomic E-state index is -0.802. The van der Waals surface area contributed by atoms with Crippen LogP contribution in [-0.2, 0) is 0 Å². The van der Waals surface area contributed by atoms with E-state index in [1.54, 1.807) is 27.3 Å². The lowest BCUT2D eigenvalue weighted by Gasteiger charge is -2.10. The van der Waals surface area contributed by atoms with Crippen molar-refractivity contribution in [2.75, 3.05) is 11.5 Å². The number of nitrogen functional groups attached to an aromatic ring is 2. The van der Waals surface area contributed by atoms with Crippen molar-refractivity contribution in [1.82, 2.24) is 39.9 Å². The third-order valence-electron chi connectivity index (χ3n) is 2.94. The van der Waals surface area contributed by atoms with Gasteiger partial charge in [0.15, 0.2) is 0 Å². The summed E-state index contributed by atoms with van der Waals surface area (Å²) in [5.41, 5.74) is 8.66. The molecule has 13 nitrogen and oxygen atoms in total. The molecule has 25 heavy (non-hydrogen) atoms. The standard InChI is InChI=1S/C9H13N7.C3H3N3O3/c1-2-5(6-12-3-4-13-6)7-14-8(10)16-9(11)15-7;7-1-4-2(8)6-3(9)5-1/h3-5H,2H2,1H3,(H,12,13)(H4,10,11,14,15,16);(H3,4,5,6,7,8,9). The average molecular weight is 348 g/mol. The van der Waals surface area contributed by atoms with Crippen molar-refractivity contribution in [2.45, 2.75) is 19.3 Å². The molecule has 8 N–H and O–H groups in total. The Morgan fingerprint density at radius 2 is 1.48 bits per heavy atom. The summed E-state index contributed by atoms with van der Waals surface area (Å²) in [7, 11) is 0. The topological polar surface area (TPSA) is 218 Å². The first-order valence-corrected chi connectivity index (χ1v) is 7.08. The Hall–Kier alpha value is -3.77. The third-order valence-corrected chi connectivity index (χ3v) is 2.94. The quantitative estimate of drug-likeness (QED) is 0.309. The Morgan fingerprint density at radius 3 is 1.88 bits per heavy atom. The Kier molecular flexibility index (Phi) is 5.39. The van der Waals surface area contributed by atoms with Crippen LogP contribution in [0.15, 0.2) is 26.8 Å². The van der Waals surface area contributed by atoms with E-state index in [0.717, 1.165) is 12.2 Å². The van der Waals surface area contributed by atoms with Crippen molar-refractivity contribution in [2.24, 2.45) is 0 Å². The van der Waals surface area contributed by atoms with Crippen molar-refractivity contribution in [3.05, 3.63) is 55.5 Å². The zero-order valence-electron chi connectivity index (χ0n) is 13.1. The van der Waals surface area contributed by atoms with Gasteiger partial charge in [0.2, 0.25) is 11.9 Å². The molecule has 0 fully saturated rings. The van der Waals surface area contributed by atoms with Gasteiger partial charge in [0.25, 0.3) is 0 Å². The molecule has 1 atom stereocenters. The van der Waals surface area contributed by atoms with E-state index in [9.17, 15) is 14.4 Å². The van der Waals surface area contributed by atoms with Gasteiger partial charge in [-0.05, 0) is 6.42 Å². The normalized spacial score (nSPS) is 11.4. The highest BCUT2D eigenvalue weighted by Crippen LogP contribution is 2.22. The fraction of sp³-hybridized carbons (Fsp3) is 0.250. The number of rotatable bonds is 3. The van der Waals surface area contributed by atoms with E-state index in [0.29, 0.717) is 5.82 Å². The summed E-state index contributed by atoms with van der Waals surface area (Å²) in [4.78, 5) is 55.0. The van der Waals surface area contributed by atoms with Gasteiger partial charge < -0.3 is 16.5 Å². The van der Waals surface area contributed by atoms with Crippen molar-refractivity contribution in [1.29, 1.82) is 0 Å². The van der Waals surface area contributed by atoms with Crippen LogP contribution in [0.5, 0.6) is 0 Å². The van der Waals surface area contributed by atoms with Gasteiger partial charge in [0.1, 0.15) is 11.6 Å². The molecule has 0 saturated carbocycles. The second-order valence-electron chi connectivity index (χ2n) is 4.71. The van der Waals surface area contributed by atoms with Crippen LogP contribution in [0.3, 0.4) is 0 Å². The number of aromatic nitrogens is 8. The van der Waals surface area contributed by atoms with Gasteiger partial charge in [-0.1, -0.05) is 6.92 Å². The SMILES string of the molecule is CCC(c1nc(N)nc(N)n1)c1ncc[nH]1.O=c1[nH]c(=O)[nH]c(=O)[nH]1. The molecule has 3 rings (SSSR count). The van der Waals surface area contributed by atoms with E-state index in [4.69, 9.17) is 11.5 Å². The second kappa shape index (κ2) is 7.67. The predicted octanol–water partition coefficient (Wildman–Crippen LogP) is -1.95. The van der Waals surface area contributed by atoms with Gasteiger partial charge in [0.05, 0.1) is 5.92 Å². The first-order chi connectivity index (χ1) is 11.9. The number of hydrogen-bond donors (Lipinski definition) is 6. The highest BCUT2D eigenvalue weighted by molar-refractivity contribution is 5.28. The lowest BCUT2D eigenvalue weighted by Crippen LogP contribution is -2.34. The maximum Gasteiger partial charge on any atom is 0.330 e. The van der Waals surface area contributed by atoms with Crippen molar-refractivity contribution in [3.8, 4) is 0 Å². The second-order valence-corrected chi connectivity index (χ2v) is 4.71. The van der Waals surface area contributed by atoms with Gasteiger partial charge in [-0.25, -0.2) is 19.4 Å². The van der Waals surface area contributed by atoms with E-state index >= 15 is 0 Å².